The van der Waals surface area contributed by atoms with Gasteiger partial charge in [-0.2, -0.15) is 4.31 Å². The van der Waals surface area contributed by atoms with Crippen molar-refractivity contribution in [2.24, 2.45) is 5.92 Å². The summed E-state index contributed by atoms with van der Waals surface area (Å²) in [6.07, 6.45) is 1.70. The van der Waals surface area contributed by atoms with E-state index in [1.54, 1.807) is 12.1 Å². The van der Waals surface area contributed by atoms with E-state index >= 15 is 0 Å². The Morgan fingerprint density at radius 3 is 2.46 bits per heavy atom. The topological polar surface area (TPSA) is 99.6 Å². The van der Waals surface area contributed by atoms with Crippen LogP contribution in [0.5, 0.6) is 5.75 Å². The molecule has 0 atom stereocenters. The van der Waals surface area contributed by atoms with Crippen molar-refractivity contribution < 1.29 is 18.3 Å². The number of thiazole rings is 1. The molecule has 3 aromatic carbocycles. The van der Waals surface area contributed by atoms with Gasteiger partial charge in [0.05, 0.1) is 20.7 Å². The van der Waals surface area contributed by atoms with Crippen LogP contribution in [-0.2, 0) is 10.0 Å². The molecule has 2 N–H and O–H groups in total. The quantitative estimate of drug-likeness (QED) is 0.380. The molecule has 1 aliphatic heterocycles. The summed E-state index contributed by atoms with van der Waals surface area (Å²) in [6, 6.07) is 18.6. The third-order valence-electron chi connectivity index (χ3n) is 6.28. The summed E-state index contributed by atoms with van der Waals surface area (Å²) in [5.74, 6) is 0.147. The van der Waals surface area contributed by atoms with Gasteiger partial charge in [-0.15, -0.1) is 11.3 Å². The van der Waals surface area contributed by atoms with Crippen molar-refractivity contribution in [1.29, 1.82) is 0 Å². The molecule has 4 aromatic rings. The molecule has 0 bridgehead atoms. The predicted molar refractivity (Wildman–Crippen MR) is 138 cm³/mol. The normalized spacial score (nSPS) is 15.3. The highest BCUT2D eigenvalue weighted by Crippen LogP contribution is 2.36. The molecule has 1 aromatic heterocycles. The lowest BCUT2D eigenvalue weighted by atomic mass is 10.0. The smallest absolute Gasteiger partial charge is 0.255 e. The van der Waals surface area contributed by atoms with Gasteiger partial charge in [-0.05, 0) is 67.3 Å². The summed E-state index contributed by atoms with van der Waals surface area (Å²) in [4.78, 5) is 17.5. The molecule has 1 aliphatic rings. The van der Waals surface area contributed by atoms with Crippen LogP contribution in [-0.4, -0.2) is 41.8 Å². The summed E-state index contributed by atoms with van der Waals surface area (Å²) >= 11 is 1.48. The van der Waals surface area contributed by atoms with E-state index in [9.17, 15) is 18.3 Å². The molecular weight excluding hydrogens is 482 g/mol. The number of carbonyl (C=O) groups excluding carboxylic acids is 1. The van der Waals surface area contributed by atoms with Crippen molar-refractivity contribution in [2.45, 2.75) is 24.7 Å². The van der Waals surface area contributed by atoms with E-state index in [0.29, 0.717) is 40.8 Å². The number of aromatic nitrogens is 1. The van der Waals surface area contributed by atoms with E-state index in [4.69, 9.17) is 0 Å². The van der Waals surface area contributed by atoms with Gasteiger partial charge < -0.3 is 10.4 Å². The number of amides is 1. The molecule has 0 spiro atoms. The maximum atomic E-state index is 12.9. The second kappa shape index (κ2) is 9.41. The van der Waals surface area contributed by atoms with Crippen LogP contribution in [0.3, 0.4) is 0 Å². The number of phenolic OH excluding ortho intramolecular Hbond substituents is 1. The summed E-state index contributed by atoms with van der Waals surface area (Å²) < 4.78 is 28.3. The molecule has 9 heteroatoms. The molecule has 0 aliphatic carbocycles. The monoisotopic (exact) mass is 507 g/mol. The second-order valence-electron chi connectivity index (χ2n) is 8.78. The van der Waals surface area contributed by atoms with E-state index in [0.717, 1.165) is 23.1 Å². The molecule has 35 heavy (non-hydrogen) atoms. The van der Waals surface area contributed by atoms with Crippen LogP contribution in [0.4, 0.5) is 5.69 Å². The van der Waals surface area contributed by atoms with Crippen LogP contribution in [0, 0.1) is 5.92 Å². The summed E-state index contributed by atoms with van der Waals surface area (Å²) in [5.41, 5.74) is 2.21. The first-order chi connectivity index (χ1) is 16.8. The number of sulfonamides is 1. The molecule has 1 saturated heterocycles. The number of nitrogens with zero attached hydrogens (tertiary/aromatic N) is 2. The van der Waals surface area contributed by atoms with Gasteiger partial charge in [-0.25, -0.2) is 13.4 Å². The van der Waals surface area contributed by atoms with Gasteiger partial charge in [0, 0.05) is 30.4 Å². The van der Waals surface area contributed by atoms with Crippen LogP contribution in [0.25, 0.3) is 20.8 Å². The number of anilines is 1. The summed E-state index contributed by atoms with van der Waals surface area (Å²) in [5, 5.41) is 14.0. The number of rotatable bonds is 5. The van der Waals surface area contributed by atoms with Crippen molar-refractivity contribution in [3.63, 3.8) is 0 Å². The number of piperidine rings is 1. The zero-order valence-corrected chi connectivity index (χ0v) is 20.8. The van der Waals surface area contributed by atoms with Gasteiger partial charge in [0.25, 0.3) is 5.91 Å². The number of para-hydroxylation sites is 1. The van der Waals surface area contributed by atoms with Gasteiger partial charge in [0.15, 0.2) is 0 Å². The fourth-order valence-corrected chi connectivity index (χ4v) is 6.60. The number of nitrogens with one attached hydrogen (secondary N) is 1. The highest BCUT2D eigenvalue weighted by molar-refractivity contribution is 7.89. The molecule has 0 unspecified atom stereocenters. The lowest BCUT2D eigenvalue weighted by Crippen LogP contribution is -2.37. The largest absolute Gasteiger partial charge is 0.507 e. The Balaban J connectivity index is 1.29. The third-order valence-corrected chi connectivity index (χ3v) is 9.26. The minimum atomic E-state index is -3.57. The average Bonchev–Trinajstić information content (AvgIpc) is 3.28. The van der Waals surface area contributed by atoms with Crippen LogP contribution in [0.1, 0.15) is 30.1 Å². The van der Waals surface area contributed by atoms with E-state index in [2.05, 4.69) is 17.2 Å². The third kappa shape index (κ3) is 4.80. The van der Waals surface area contributed by atoms with Crippen molar-refractivity contribution in [1.82, 2.24) is 9.29 Å². The molecule has 1 fully saturated rings. The number of carbonyl (C=O) groups is 1. The number of hydrogen-bond donors (Lipinski definition) is 2. The Morgan fingerprint density at radius 2 is 1.77 bits per heavy atom. The van der Waals surface area contributed by atoms with Gasteiger partial charge in [-0.3, -0.25) is 4.79 Å². The first kappa shape index (κ1) is 23.5. The Bertz CT molecular complexity index is 1460. The zero-order valence-electron chi connectivity index (χ0n) is 19.1. The fraction of sp³-hybridized carbons (Fsp3) is 0.231. The lowest BCUT2D eigenvalue weighted by Gasteiger charge is -2.29. The van der Waals surface area contributed by atoms with E-state index in [1.807, 2.05) is 24.3 Å². The number of fused-ring (bicyclic) bond motifs is 1. The zero-order chi connectivity index (χ0) is 24.6. The van der Waals surface area contributed by atoms with Crippen LogP contribution < -0.4 is 5.32 Å². The van der Waals surface area contributed by atoms with E-state index in [1.165, 1.54) is 46.0 Å². The second-order valence-corrected chi connectivity index (χ2v) is 11.8. The van der Waals surface area contributed by atoms with Gasteiger partial charge >= 0.3 is 0 Å². The molecule has 180 valence electrons. The van der Waals surface area contributed by atoms with Crippen molar-refractivity contribution >= 4 is 43.2 Å². The van der Waals surface area contributed by atoms with Crippen molar-refractivity contribution in [3.8, 4) is 16.3 Å². The standard InChI is InChI=1S/C26H25N3O4S2/c1-17-12-14-29(15-13-17)35(32,33)20-9-6-18(7-10-20)25(31)27-19-8-11-21(23(30)16-19)26-28-22-4-2-3-5-24(22)34-26/h2-11,16-17,30H,12-15H2,1H3,(H,27,31). The number of benzene rings is 3. The SMILES string of the molecule is CC1CCN(S(=O)(=O)c2ccc(C(=O)Nc3ccc(-c4nc5ccccc5s4)c(O)c3)cc2)CC1. The fourth-order valence-electron chi connectivity index (χ4n) is 4.13. The molecule has 0 radical (unpaired) electrons. The minimum absolute atomic E-state index is 0.0131. The average molecular weight is 508 g/mol. The van der Waals surface area contributed by atoms with Crippen molar-refractivity contribution in [2.75, 3.05) is 18.4 Å². The Hall–Kier alpha value is -3.27. The summed E-state index contributed by atoms with van der Waals surface area (Å²) in [7, 11) is -3.57. The molecule has 1 amide bonds. The Kier molecular flexibility index (Phi) is 6.31. The minimum Gasteiger partial charge on any atom is -0.507 e. The molecule has 0 saturated carbocycles. The Labute approximate surface area is 208 Å². The van der Waals surface area contributed by atoms with Crippen molar-refractivity contribution in [3.05, 3.63) is 72.3 Å². The van der Waals surface area contributed by atoms with E-state index in [-0.39, 0.29) is 10.6 Å². The molecule has 7 nitrogen and oxygen atoms in total. The van der Waals surface area contributed by atoms with Gasteiger partial charge in [-0.1, -0.05) is 19.1 Å². The predicted octanol–water partition coefficient (Wildman–Crippen LogP) is 5.34. The summed E-state index contributed by atoms with van der Waals surface area (Å²) in [6.45, 7) is 3.16. The first-order valence-electron chi connectivity index (χ1n) is 11.4. The highest BCUT2D eigenvalue weighted by Gasteiger charge is 2.28. The molecule has 5 rings (SSSR count). The first-order valence-corrected chi connectivity index (χ1v) is 13.7. The maximum Gasteiger partial charge on any atom is 0.255 e. The molecule has 2 heterocycles. The van der Waals surface area contributed by atoms with Crippen LogP contribution in [0.2, 0.25) is 0 Å². The van der Waals surface area contributed by atoms with Gasteiger partial charge in [0.2, 0.25) is 10.0 Å². The number of aromatic hydroxyl groups is 1. The highest BCUT2D eigenvalue weighted by atomic mass is 32.2. The van der Waals surface area contributed by atoms with Crippen LogP contribution >= 0.6 is 11.3 Å². The molecular formula is C26H25N3O4S2. The maximum absolute atomic E-state index is 12.9. The van der Waals surface area contributed by atoms with E-state index < -0.39 is 15.9 Å². The lowest BCUT2D eigenvalue weighted by molar-refractivity contribution is 0.102. The van der Waals surface area contributed by atoms with Gasteiger partial charge in [0.1, 0.15) is 10.8 Å². The number of phenols is 1. The Morgan fingerprint density at radius 1 is 1.06 bits per heavy atom. The number of hydrogen-bond acceptors (Lipinski definition) is 6. The van der Waals surface area contributed by atoms with Crippen LogP contribution in [0.15, 0.2) is 71.6 Å².